The summed E-state index contributed by atoms with van der Waals surface area (Å²) in [6.07, 6.45) is 1.22. The second kappa shape index (κ2) is 7.04. The molecule has 0 fully saturated rings. The highest BCUT2D eigenvalue weighted by Crippen LogP contribution is 2.41. The number of hydrogen-bond acceptors (Lipinski definition) is 4. The van der Waals surface area contributed by atoms with Gasteiger partial charge in [0.2, 0.25) is 0 Å². The van der Waals surface area contributed by atoms with E-state index in [2.05, 4.69) is 4.52 Å². The largest absolute Gasteiger partial charge is 0.524 e. The van der Waals surface area contributed by atoms with Gasteiger partial charge >= 0.3 is 7.82 Å². The molecule has 4 N–H and O–H groups in total. The van der Waals surface area contributed by atoms with Crippen LogP contribution in [0.25, 0.3) is 0 Å². The molecule has 1 atom stereocenters. The van der Waals surface area contributed by atoms with E-state index >= 15 is 0 Å². The molecule has 0 saturated heterocycles. The van der Waals surface area contributed by atoms with Crippen LogP contribution in [0.3, 0.4) is 0 Å². The lowest BCUT2D eigenvalue weighted by Crippen LogP contribution is -2.04. The summed E-state index contributed by atoms with van der Waals surface area (Å²) in [6.45, 7) is 1.98. The predicted octanol–water partition coefficient (Wildman–Crippen LogP) is 3.31. The van der Waals surface area contributed by atoms with Crippen molar-refractivity contribution >= 4 is 7.82 Å². The minimum atomic E-state index is -4.72. The molecule has 0 radical (unpaired) electrons. The number of hydrogen-bond donors (Lipinski definition) is 4. The first-order chi connectivity index (χ1) is 10.8. The molecule has 0 aliphatic carbocycles. The summed E-state index contributed by atoms with van der Waals surface area (Å²) in [5.41, 5.74) is 1.49. The average molecular weight is 338 g/mol. The highest BCUT2D eigenvalue weighted by atomic mass is 31.2. The Morgan fingerprint density at radius 3 is 2.39 bits per heavy atom. The standard InChI is InChI=1S/C16H19O6P/c1-2-11(12-4-3-5-14(17)9-12)8-13-6-7-15(18)10-16(13)22-23(19,20)21/h3-7,9-11,17-18H,2,8H2,1H3,(H2,19,20,21). The van der Waals surface area contributed by atoms with Crippen LogP contribution in [0.5, 0.6) is 17.2 Å². The van der Waals surface area contributed by atoms with E-state index in [4.69, 9.17) is 9.79 Å². The minimum absolute atomic E-state index is 0.0331. The molecule has 0 saturated carbocycles. The normalized spacial score (nSPS) is 12.8. The van der Waals surface area contributed by atoms with Crippen molar-refractivity contribution in [3.05, 3.63) is 53.6 Å². The Balaban J connectivity index is 2.32. The molecule has 1 unspecified atom stereocenters. The zero-order chi connectivity index (χ0) is 17.0. The van der Waals surface area contributed by atoms with Crippen molar-refractivity contribution in [3.63, 3.8) is 0 Å². The third kappa shape index (κ3) is 4.99. The number of phenolic OH excluding ortho intramolecular Hbond substituents is 2. The van der Waals surface area contributed by atoms with Crippen molar-refractivity contribution in [3.8, 4) is 17.2 Å². The lowest BCUT2D eigenvalue weighted by Gasteiger charge is -2.18. The van der Waals surface area contributed by atoms with E-state index in [9.17, 15) is 14.8 Å². The molecular formula is C16H19O6P. The lowest BCUT2D eigenvalue weighted by atomic mass is 9.89. The van der Waals surface area contributed by atoms with Crippen LogP contribution in [0, 0.1) is 0 Å². The van der Waals surface area contributed by atoms with Crippen LogP contribution in [-0.2, 0) is 11.0 Å². The molecule has 0 aromatic heterocycles. The molecule has 0 aliphatic rings. The van der Waals surface area contributed by atoms with Crippen molar-refractivity contribution in [2.45, 2.75) is 25.7 Å². The van der Waals surface area contributed by atoms with Crippen LogP contribution < -0.4 is 4.52 Å². The predicted molar refractivity (Wildman–Crippen MR) is 85.6 cm³/mol. The van der Waals surface area contributed by atoms with Crippen molar-refractivity contribution in [2.24, 2.45) is 0 Å². The Morgan fingerprint density at radius 2 is 1.78 bits per heavy atom. The topological polar surface area (TPSA) is 107 Å². The van der Waals surface area contributed by atoms with Gasteiger partial charge < -0.3 is 14.7 Å². The summed E-state index contributed by atoms with van der Waals surface area (Å²) in [7, 11) is -4.72. The molecule has 0 heterocycles. The van der Waals surface area contributed by atoms with Gasteiger partial charge in [-0.2, -0.15) is 0 Å². The number of aromatic hydroxyl groups is 2. The number of rotatable bonds is 6. The quantitative estimate of drug-likeness (QED) is 0.602. The van der Waals surface area contributed by atoms with Gasteiger partial charge in [-0.1, -0.05) is 25.1 Å². The van der Waals surface area contributed by atoms with Gasteiger partial charge in [-0.15, -0.1) is 0 Å². The molecule has 2 aromatic carbocycles. The molecule has 23 heavy (non-hydrogen) atoms. The van der Waals surface area contributed by atoms with Crippen molar-refractivity contribution in [1.29, 1.82) is 0 Å². The molecule has 0 aliphatic heterocycles. The fourth-order valence-electron chi connectivity index (χ4n) is 2.47. The highest BCUT2D eigenvalue weighted by Gasteiger charge is 2.21. The first-order valence-electron chi connectivity index (χ1n) is 7.14. The second-order valence-electron chi connectivity index (χ2n) is 5.28. The smallest absolute Gasteiger partial charge is 0.508 e. The van der Waals surface area contributed by atoms with Crippen LogP contribution in [0.15, 0.2) is 42.5 Å². The van der Waals surface area contributed by atoms with Gasteiger partial charge in [0.15, 0.2) is 0 Å². The monoisotopic (exact) mass is 338 g/mol. The molecule has 6 nitrogen and oxygen atoms in total. The zero-order valence-electron chi connectivity index (χ0n) is 12.6. The van der Waals surface area contributed by atoms with E-state index in [0.29, 0.717) is 12.0 Å². The summed E-state index contributed by atoms with van der Waals surface area (Å²) < 4.78 is 15.8. The Kier molecular flexibility index (Phi) is 5.31. The van der Waals surface area contributed by atoms with Gasteiger partial charge in [0.05, 0.1) is 0 Å². The Morgan fingerprint density at radius 1 is 1.09 bits per heavy atom. The molecule has 7 heteroatoms. The SMILES string of the molecule is CCC(Cc1ccc(O)cc1OP(=O)(O)O)c1cccc(O)c1. The van der Waals surface area contributed by atoms with E-state index in [-0.39, 0.29) is 23.2 Å². The van der Waals surface area contributed by atoms with Gasteiger partial charge in [0.1, 0.15) is 17.2 Å². The molecule has 2 rings (SSSR count). The maximum atomic E-state index is 11.1. The molecule has 0 bridgehead atoms. The maximum Gasteiger partial charge on any atom is 0.524 e. The Hall–Kier alpha value is -2.01. The maximum absolute atomic E-state index is 11.1. The van der Waals surface area contributed by atoms with Gasteiger partial charge in [-0.25, -0.2) is 4.57 Å². The lowest BCUT2D eigenvalue weighted by molar-refractivity contribution is 0.281. The Bertz CT molecular complexity index is 724. The molecule has 0 spiro atoms. The summed E-state index contributed by atoms with van der Waals surface area (Å²) in [4.78, 5) is 18.0. The van der Waals surface area contributed by atoms with E-state index in [1.54, 1.807) is 24.3 Å². The summed E-state index contributed by atoms with van der Waals surface area (Å²) in [6, 6.07) is 11.1. The second-order valence-corrected chi connectivity index (χ2v) is 6.44. The molecule has 2 aromatic rings. The van der Waals surface area contributed by atoms with Crippen LogP contribution in [-0.4, -0.2) is 20.0 Å². The average Bonchev–Trinajstić information content (AvgIpc) is 2.45. The third-order valence-electron chi connectivity index (χ3n) is 3.57. The summed E-state index contributed by atoms with van der Waals surface area (Å²) in [5, 5.41) is 19.1. The van der Waals surface area contributed by atoms with Crippen molar-refractivity contribution in [1.82, 2.24) is 0 Å². The van der Waals surface area contributed by atoms with E-state index in [1.807, 2.05) is 13.0 Å². The molecule has 0 amide bonds. The fraction of sp³-hybridized carbons (Fsp3) is 0.250. The minimum Gasteiger partial charge on any atom is -0.508 e. The van der Waals surface area contributed by atoms with Gasteiger partial charge in [-0.05, 0) is 48.1 Å². The van der Waals surface area contributed by atoms with Crippen LogP contribution in [0.2, 0.25) is 0 Å². The summed E-state index contributed by atoms with van der Waals surface area (Å²) in [5.74, 6) is 0.0173. The van der Waals surface area contributed by atoms with Crippen molar-refractivity contribution < 1.29 is 29.1 Å². The van der Waals surface area contributed by atoms with Gasteiger partial charge in [0, 0.05) is 6.07 Å². The summed E-state index contributed by atoms with van der Waals surface area (Å²) >= 11 is 0. The van der Waals surface area contributed by atoms with Gasteiger partial charge in [-0.3, -0.25) is 9.79 Å². The fourth-order valence-corrected chi connectivity index (χ4v) is 2.89. The Labute approximate surface area is 134 Å². The van der Waals surface area contributed by atoms with Gasteiger partial charge in [0.25, 0.3) is 0 Å². The van der Waals surface area contributed by atoms with Crippen LogP contribution in [0.1, 0.15) is 30.4 Å². The third-order valence-corrected chi connectivity index (χ3v) is 4.00. The van der Waals surface area contributed by atoms with Crippen LogP contribution >= 0.6 is 7.82 Å². The zero-order valence-corrected chi connectivity index (χ0v) is 13.5. The van der Waals surface area contributed by atoms with E-state index in [1.165, 1.54) is 12.1 Å². The van der Waals surface area contributed by atoms with Crippen molar-refractivity contribution in [2.75, 3.05) is 0 Å². The first-order valence-corrected chi connectivity index (χ1v) is 8.67. The van der Waals surface area contributed by atoms with E-state index < -0.39 is 7.82 Å². The first kappa shape index (κ1) is 17.3. The van der Waals surface area contributed by atoms with E-state index in [0.717, 1.165) is 12.0 Å². The number of phenols is 2. The number of phosphoric acid groups is 1. The molecule has 124 valence electrons. The van der Waals surface area contributed by atoms with Crippen LogP contribution in [0.4, 0.5) is 0 Å². The number of benzene rings is 2. The highest BCUT2D eigenvalue weighted by molar-refractivity contribution is 7.46. The number of phosphoric ester groups is 1. The molecular weight excluding hydrogens is 319 g/mol.